The van der Waals surface area contributed by atoms with Crippen LogP contribution in [0.15, 0.2) is 77.2 Å². The third kappa shape index (κ3) is 4.65. The van der Waals surface area contributed by atoms with Crippen molar-refractivity contribution in [3.05, 3.63) is 112 Å². The average Bonchev–Trinajstić information content (AvgIpc) is 3.23. The molecule has 0 radical (unpaired) electrons. The second kappa shape index (κ2) is 9.30. The number of aryl methyl sites for hydroxylation is 2. The Labute approximate surface area is 207 Å². The molecular weight excluding hydrogens is 465 g/mol. The van der Waals surface area contributed by atoms with Crippen LogP contribution >= 0.6 is 0 Å². The van der Waals surface area contributed by atoms with Gasteiger partial charge in [0, 0.05) is 12.1 Å². The zero-order valence-corrected chi connectivity index (χ0v) is 20.0. The lowest BCUT2D eigenvalue weighted by Gasteiger charge is -2.38. The van der Waals surface area contributed by atoms with Gasteiger partial charge < -0.3 is 9.32 Å². The van der Waals surface area contributed by atoms with Gasteiger partial charge in [-0.1, -0.05) is 54.1 Å². The van der Waals surface area contributed by atoms with E-state index < -0.39 is 11.7 Å². The van der Waals surface area contributed by atoms with E-state index in [2.05, 4.69) is 29.2 Å². The monoisotopic (exact) mass is 490 g/mol. The number of nitrogens with zero attached hydrogens (tertiary/aromatic N) is 2. The number of halogens is 3. The summed E-state index contributed by atoms with van der Waals surface area (Å²) in [5, 5.41) is 0. The molecule has 0 fully saturated rings. The molecule has 3 aromatic carbocycles. The van der Waals surface area contributed by atoms with Gasteiger partial charge in [0.1, 0.15) is 5.76 Å². The van der Waals surface area contributed by atoms with Gasteiger partial charge in [-0.25, -0.2) is 4.98 Å². The van der Waals surface area contributed by atoms with E-state index in [4.69, 9.17) is 4.42 Å². The molecule has 0 N–H and O–H groups in total. The minimum Gasteiger partial charge on any atom is -0.441 e. The highest BCUT2D eigenvalue weighted by Gasteiger charge is 2.33. The summed E-state index contributed by atoms with van der Waals surface area (Å²) in [5.41, 5.74) is 4.71. The van der Waals surface area contributed by atoms with Gasteiger partial charge in [0.05, 0.1) is 23.7 Å². The van der Waals surface area contributed by atoms with Crippen LogP contribution in [0.1, 0.15) is 45.3 Å². The maximum atomic E-state index is 13.6. The van der Waals surface area contributed by atoms with Crippen LogP contribution in [0.25, 0.3) is 11.5 Å². The molecule has 0 saturated carbocycles. The summed E-state index contributed by atoms with van der Waals surface area (Å²) < 4.78 is 44.4. The summed E-state index contributed by atoms with van der Waals surface area (Å²) in [6.07, 6.45) is -3.61. The molecule has 0 spiro atoms. The van der Waals surface area contributed by atoms with Gasteiger partial charge in [-0.15, -0.1) is 0 Å². The van der Waals surface area contributed by atoms with Crippen LogP contribution in [-0.4, -0.2) is 22.3 Å². The number of hydrogen-bond acceptors (Lipinski definition) is 3. The van der Waals surface area contributed by atoms with E-state index in [0.29, 0.717) is 23.6 Å². The second-order valence-corrected chi connectivity index (χ2v) is 9.12. The minimum absolute atomic E-state index is 0.0422. The first-order valence-corrected chi connectivity index (χ1v) is 11.8. The van der Waals surface area contributed by atoms with Crippen molar-refractivity contribution in [2.75, 3.05) is 6.54 Å². The lowest BCUT2D eigenvalue weighted by atomic mass is 9.87. The number of carbonyl (C=O) groups excluding carboxylic acids is 1. The Bertz CT molecular complexity index is 1390. The number of carbonyl (C=O) groups is 1. The first-order chi connectivity index (χ1) is 17.2. The molecule has 5 rings (SSSR count). The van der Waals surface area contributed by atoms with Crippen LogP contribution in [0, 0.1) is 13.8 Å². The molecule has 1 aromatic heterocycles. The van der Waals surface area contributed by atoms with E-state index in [1.54, 1.807) is 6.92 Å². The fraction of sp³-hybridized carbons (Fsp3) is 0.241. The van der Waals surface area contributed by atoms with Crippen LogP contribution in [0.3, 0.4) is 0 Å². The molecule has 1 amide bonds. The predicted octanol–water partition coefficient (Wildman–Crippen LogP) is 6.69. The molecular formula is C29H25F3N2O2. The predicted molar refractivity (Wildman–Crippen MR) is 130 cm³/mol. The molecule has 1 aliphatic heterocycles. The first-order valence-electron chi connectivity index (χ1n) is 11.8. The van der Waals surface area contributed by atoms with Crippen molar-refractivity contribution in [3.63, 3.8) is 0 Å². The maximum Gasteiger partial charge on any atom is 0.416 e. The van der Waals surface area contributed by atoms with Crippen LogP contribution in [0.2, 0.25) is 0 Å². The lowest BCUT2D eigenvalue weighted by Crippen LogP contribution is -2.41. The van der Waals surface area contributed by atoms with Crippen molar-refractivity contribution >= 4 is 5.91 Å². The van der Waals surface area contributed by atoms with Crippen molar-refractivity contribution in [1.82, 2.24) is 9.88 Å². The van der Waals surface area contributed by atoms with Crippen molar-refractivity contribution in [3.8, 4) is 11.5 Å². The topological polar surface area (TPSA) is 46.3 Å². The van der Waals surface area contributed by atoms with Gasteiger partial charge in [-0.3, -0.25) is 4.79 Å². The summed E-state index contributed by atoms with van der Waals surface area (Å²) in [6, 6.07) is 20.9. The minimum atomic E-state index is -4.41. The molecule has 0 bridgehead atoms. The second-order valence-electron chi connectivity index (χ2n) is 9.12. The van der Waals surface area contributed by atoms with Crippen molar-refractivity contribution in [1.29, 1.82) is 0 Å². The number of aromatic nitrogens is 1. The Kier molecular flexibility index (Phi) is 6.16. The molecule has 184 valence electrons. The Hall–Kier alpha value is -3.87. The van der Waals surface area contributed by atoms with Crippen LogP contribution in [-0.2, 0) is 23.8 Å². The summed E-state index contributed by atoms with van der Waals surface area (Å²) in [6.45, 7) is 4.33. The zero-order chi connectivity index (χ0) is 25.4. The molecule has 1 atom stereocenters. The standard InChI is InChI=1S/C29H25F3N2O2/c1-18-7-9-21(10-8-18)27-24-6-4-3-5-20(24)15-16-34(27)26(35)17-25-19(2)36-28(33-25)22-11-13-23(14-12-22)29(30,31)32/h3-14,27H,15-17H2,1-2H3/t27-/m0/s1. The molecule has 36 heavy (non-hydrogen) atoms. The Balaban J connectivity index is 1.42. The van der Waals surface area contributed by atoms with Gasteiger partial charge in [-0.2, -0.15) is 13.2 Å². The molecule has 4 nitrogen and oxygen atoms in total. The van der Waals surface area contributed by atoms with Crippen molar-refractivity contribution in [2.24, 2.45) is 0 Å². The number of alkyl halides is 3. The van der Waals surface area contributed by atoms with E-state index in [9.17, 15) is 18.0 Å². The van der Waals surface area contributed by atoms with Crippen molar-refractivity contribution < 1.29 is 22.4 Å². The lowest BCUT2D eigenvalue weighted by molar-refractivity contribution is -0.137. The normalized spacial score (nSPS) is 15.6. The molecule has 7 heteroatoms. The number of hydrogen-bond donors (Lipinski definition) is 0. The fourth-order valence-corrected chi connectivity index (χ4v) is 4.71. The van der Waals surface area contributed by atoms with E-state index in [1.807, 2.05) is 36.1 Å². The van der Waals surface area contributed by atoms with E-state index in [-0.39, 0.29) is 24.3 Å². The molecule has 2 heterocycles. The van der Waals surface area contributed by atoms with Crippen LogP contribution in [0.4, 0.5) is 13.2 Å². The first kappa shape index (κ1) is 23.9. The molecule has 0 aliphatic carbocycles. The molecule has 1 aliphatic rings. The van der Waals surface area contributed by atoms with E-state index in [1.165, 1.54) is 17.7 Å². The highest BCUT2D eigenvalue weighted by atomic mass is 19.4. The summed E-state index contributed by atoms with van der Waals surface area (Å²) in [4.78, 5) is 20.0. The number of fused-ring (bicyclic) bond motifs is 1. The number of oxazole rings is 1. The smallest absolute Gasteiger partial charge is 0.416 e. The Morgan fingerprint density at radius 2 is 1.69 bits per heavy atom. The Morgan fingerprint density at radius 3 is 2.39 bits per heavy atom. The van der Waals surface area contributed by atoms with E-state index >= 15 is 0 Å². The maximum absolute atomic E-state index is 13.6. The highest BCUT2D eigenvalue weighted by molar-refractivity contribution is 5.80. The average molecular weight is 491 g/mol. The van der Waals surface area contributed by atoms with Crippen molar-refractivity contribution in [2.45, 2.75) is 38.9 Å². The van der Waals surface area contributed by atoms with Gasteiger partial charge in [0.15, 0.2) is 0 Å². The number of amides is 1. The van der Waals surface area contributed by atoms with Gasteiger partial charge >= 0.3 is 6.18 Å². The van der Waals surface area contributed by atoms with E-state index in [0.717, 1.165) is 35.2 Å². The van der Waals surface area contributed by atoms with Gasteiger partial charge in [-0.05, 0) is 61.2 Å². The van der Waals surface area contributed by atoms with Gasteiger partial charge in [0.25, 0.3) is 0 Å². The highest BCUT2D eigenvalue weighted by Crippen LogP contribution is 2.36. The molecule has 0 saturated heterocycles. The quantitative estimate of drug-likeness (QED) is 0.320. The third-order valence-corrected chi connectivity index (χ3v) is 6.67. The Morgan fingerprint density at radius 1 is 1.00 bits per heavy atom. The number of benzene rings is 3. The summed E-state index contributed by atoms with van der Waals surface area (Å²) >= 11 is 0. The fourth-order valence-electron chi connectivity index (χ4n) is 4.71. The summed E-state index contributed by atoms with van der Waals surface area (Å²) in [7, 11) is 0. The molecule has 4 aromatic rings. The molecule has 0 unspecified atom stereocenters. The summed E-state index contributed by atoms with van der Waals surface area (Å²) in [5.74, 6) is 0.594. The van der Waals surface area contributed by atoms with Crippen LogP contribution in [0.5, 0.6) is 0 Å². The third-order valence-electron chi connectivity index (χ3n) is 6.67. The zero-order valence-electron chi connectivity index (χ0n) is 20.0. The van der Waals surface area contributed by atoms with Gasteiger partial charge in [0.2, 0.25) is 11.8 Å². The SMILES string of the molecule is Cc1ccc([C@H]2c3ccccc3CCN2C(=O)Cc2nc(-c3ccc(C(F)(F)F)cc3)oc2C)cc1. The van der Waals surface area contributed by atoms with Crippen LogP contribution < -0.4 is 0 Å². The number of rotatable bonds is 4. The largest absolute Gasteiger partial charge is 0.441 e.